The number of H-pyrrole nitrogens is 1. The maximum atomic E-state index is 13.6. The summed E-state index contributed by atoms with van der Waals surface area (Å²) in [4.78, 5) is 2.78. The van der Waals surface area contributed by atoms with E-state index in [9.17, 15) is 17.6 Å². The third-order valence-corrected chi connectivity index (χ3v) is 3.26. The second-order valence-electron chi connectivity index (χ2n) is 4.35. The summed E-state index contributed by atoms with van der Waals surface area (Å²) in [6.45, 7) is 1.02. The average Bonchev–Trinajstić information content (AvgIpc) is 2.68. The molecule has 0 amide bonds. The van der Waals surface area contributed by atoms with Gasteiger partial charge in [0.2, 0.25) is 0 Å². The van der Waals surface area contributed by atoms with Crippen LogP contribution in [0.2, 0.25) is 0 Å². The lowest BCUT2D eigenvalue weighted by molar-refractivity contribution is -0.136. The normalized spacial score (nSPS) is 15.2. The van der Waals surface area contributed by atoms with Crippen LogP contribution < -0.4 is 5.32 Å². The predicted octanol–water partition coefficient (Wildman–Crippen LogP) is 3.39. The second-order valence-corrected chi connectivity index (χ2v) is 4.35. The Morgan fingerprint density at radius 1 is 1.16 bits per heavy atom. The largest absolute Gasteiger partial charge is 0.417 e. The number of nitrogens with one attached hydrogen (secondary N) is 2. The summed E-state index contributed by atoms with van der Waals surface area (Å²) < 4.78 is 52.4. The first kappa shape index (κ1) is 14.1. The number of aromatic amines is 1. The van der Waals surface area contributed by atoms with E-state index in [1.807, 2.05) is 0 Å². The van der Waals surface area contributed by atoms with Crippen molar-refractivity contribution in [3.63, 3.8) is 0 Å². The molecule has 1 aromatic carbocycles. The lowest BCUT2D eigenvalue weighted by Crippen LogP contribution is -2.23. The quantitative estimate of drug-likeness (QED) is 0.716. The first-order valence-corrected chi connectivity index (χ1v) is 5.58. The fourth-order valence-electron chi connectivity index (χ4n) is 2.46. The number of fused-ring (bicyclic) bond motifs is 3. The van der Waals surface area contributed by atoms with Gasteiger partial charge in [0.15, 0.2) is 0 Å². The van der Waals surface area contributed by atoms with Crippen molar-refractivity contribution in [3.8, 4) is 0 Å². The van der Waals surface area contributed by atoms with Crippen LogP contribution in [-0.4, -0.2) is 11.5 Å². The van der Waals surface area contributed by atoms with Crippen LogP contribution in [-0.2, 0) is 19.1 Å². The van der Waals surface area contributed by atoms with Crippen LogP contribution in [0.15, 0.2) is 12.1 Å². The molecule has 0 fully saturated rings. The molecule has 1 aromatic heterocycles. The van der Waals surface area contributed by atoms with Gasteiger partial charge in [0, 0.05) is 30.6 Å². The lowest BCUT2D eigenvalue weighted by Gasteiger charge is -2.14. The van der Waals surface area contributed by atoms with Crippen LogP contribution in [0, 0.1) is 5.82 Å². The standard InChI is InChI=1S/C12H10F4N2.ClH/c13-8-2-1-7(12(14,15)16)10-6-5-17-4-3-9(6)18-11(8)10;/h1-2,17-18H,3-5H2;1H. The maximum absolute atomic E-state index is 13.6. The van der Waals surface area contributed by atoms with E-state index < -0.39 is 17.6 Å². The highest BCUT2D eigenvalue weighted by molar-refractivity contribution is 5.89. The van der Waals surface area contributed by atoms with Gasteiger partial charge in [-0.25, -0.2) is 4.39 Å². The molecule has 1 aliphatic rings. The Morgan fingerprint density at radius 3 is 2.58 bits per heavy atom. The van der Waals surface area contributed by atoms with Crippen molar-refractivity contribution in [3.05, 3.63) is 34.8 Å². The Balaban J connectivity index is 0.00000133. The summed E-state index contributed by atoms with van der Waals surface area (Å²) >= 11 is 0. The number of alkyl halides is 3. The van der Waals surface area contributed by atoms with Crippen molar-refractivity contribution >= 4 is 23.3 Å². The Bertz CT molecular complexity index is 618. The van der Waals surface area contributed by atoms with Crippen molar-refractivity contribution in [2.24, 2.45) is 0 Å². The number of benzene rings is 1. The third kappa shape index (κ3) is 2.19. The highest BCUT2D eigenvalue weighted by Crippen LogP contribution is 2.38. The van der Waals surface area contributed by atoms with Crippen LogP contribution in [0.5, 0.6) is 0 Å². The van der Waals surface area contributed by atoms with E-state index in [4.69, 9.17) is 0 Å². The molecule has 0 saturated heterocycles. The maximum Gasteiger partial charge on any atom is 0.417 e. The zero-order chi connectivity index (χ0) is 12.9. The van der Waals surface area contributed by atoms with Crippen molar-refractivity contribution in [1.82, 2.24) is 10.3 Å². The fraction of sp³-hybridized carbons (Fsp3) is 0.333. The van der Waals surface area contributed by atoms with Gasteiger partial charge in [-0.05, 0) is 17.7 Å². The molecule has 2 N–H and O–H groups in total. The van der Waals surface area contributed by atoms with E-state index in [1.54, 1.807) is 0 Å². The van der Waals surface area contributed by atoms with Gasteiger partial charge in [-0.1, -0.05) is 0 Å². The fourth-order valence-corrected chi connectivity index (χ4v) is 2.46. The van der Waals surface area contributed by atoms with E-state index in [-0.39, 0.29) is 23.3 Å². The zero-order valence-electron chi connectivity index (χ0n) is 9.70. The van der Waals surface area contributed by atoms with Gasteiger partial charge in [0.25, 0.3) is 0 Å². The molecular weight excluding hydrogens is 284 g/mol. The monoisotopic (exact) mass is 294 g/mol. The molecule has 1 aliphatic heterocycles. The molecule has 0 radical (unpaired) electrons. The molecule has 0 aliphatic carbocycles. The van der Waals surface area contributed by atoms with Crippen LogP contribution in [0.4, 0.5) is 17.6 Å². The third-order valence-electron chi connectivity index (χ3n) is 3.26. The highest BCUT2D eigenvalue weighted by Gasteiger charge is 2.35. The first-order valence-electron chi connectivity index (χ1n) is 5.58. The summed E-state index contributed by atoms with van der Waals surface area (Å²) in [5.41, 5.74) is 0.404. The van der Waals surface area contributed by atoms with Gasteiger partial charge in [-0.3, -0.25) is 0 Å². The molecule has 0 atom stereocenters. The Kier molecular flexibility index (Phi) is 3.49. The molecule has 3 rings (SSSR count). The van der Waals surface area contributed by atoms with Gasteiger partial charge in [-0.2, -0.15) is 13.2 Å². The minimum absolute atomic E-state index is 0. The van der Waals surface area contributed by atoms with Crippen LogP contribution in [0.25, 0.3) is 10.9 Å². The van der Waals surface area contributed by atoms with Gasteiger partial charge >= 0.3 is 6.18 Å². The number of rotatable bonds is 0. The topological polar surface area (TPSA) is 27.8 Å². The van der Waals surface area contributed by atoms with Gasteiger partial charge < -0.3 is 10.3 Å². The molecule has 2 aromatic rings. The van der Waals surface area contributed by atoms with Gasteiger partial charge in [0.1, 0.15) is 5.82 Å². The molecular formula is C12H11ClF4N2. The predicted molar refractivity (Wildman–Crippen MR) is 65.9 cm³/mol. The SMILES string of the molecule is Cl.Fc1ccc(C(F)(F)F)c2c3c([nH]c12)CCNC3. The van der Waals surface area contributed by atoms with Crippen molar-refractivity contribution in [2.75, 3.05) is 6.54 Å². The molecule has 104 valence electrons. The summed E-state index contributed by atoms with van der Waals surface area (Å²) in [7, 11) is 0. The molecule has 0 saturated carbocycles. The highest BCUT2D eigenvalue weighted by atomic mass is 35.5. The van der Waals surface area contributed by atoms with E-state index >= 15 is 0 Å². The second kappa shape index (κ2) is 4.68. The Hall–Kier alpha value is -1.27. The molecule has 7 heteroatoms. The summed E-state index contributed by atoms with van der Waals surface area (Å²) in [5.74, 6) is -0.646. The summed E-state index contributed by atoms with van der Waals surface area (Å²) in [6.07, 6.45) is -3.89. The molecule has 2 heterocycles. The van der Waals surface area contributed by atoms with Gasteiger partial charge in [-0.15, -0.1) is 12.4 Å². The van der Waals surface area contributed by atoms with Crippen LogP contribution >= 0.6 is 12.4 Å². The number of hydrogen-bond acceptors (Lipinski definition) is 1. The minimum atomic E-state index is -4.47. The smallest absolute Gasteiger partial charge is 0.356 e. The Labute approximate surface area is 112 Å². The zero-order valence-corrected chi connectivity index (χ0v) is 10.5. The number of hydrogen-bond donors (Lipinski definition) is 2. The Morgan fingerprint density at radius 2 is 1.89 bits per heavy atom. The lowest BCUT2D eigenvalue weighted by atomic mass is 10.0. The summed E-state index contributed by atoms with van der Waals surface area (Å²) in [5, 5.41) is 2.97. The molecule has 0 bridgehead atoms. The average molecular weight is 295 g/mol. The minimum Gasteiger partial charge on any atom is -0.356 e. The molecule has 0 unspecified atom stereocenters. The van der Waals surface area contributed by atoms with Crippen molar-refractivity contribution < 1.29 is 17.6 Å². The van der Waals surface area contributed by atoms with E-state index in [0.29, 0.717) is 30.8 Å². The van der Waals surface area contributed by atoms with E-state index in [2.05, 4.69) is 10.3 Å². The van der Waals surface area contributed by atoms with Crippen LogP contribution in [0.1, 0.15) is 16.8 Å². The molecule has 2 nitrogen and oxygen atoms in total. The first-order chi connectivity index (χ1) is 8.48. The van der Waals surface area contributed by atoms with E-state index in [0.717, 1.165) is 12.1 Å². The van der Waals surface area contributed by atoms with Crippen molar-refractivity contribution in [2.45, 2.75) is 19.1 Å². The molecule has 19 heavy (non-hydrogen) atoms. The van der Waals surface area contributed by atoms with Crippen molar-refractivity contribution in [1.29, 1.82) is 0 Å². The molecule has 0 spiro atoms. The number of aromatic nitrogens is 1. The van der Waals surface area contributed by atoms with E-state index in [1.165, 1.54) is 0 Å². The van der Waals surface area contributed by atoms with Crippen LogP contribution in [0.3, 0.4) is 0 Å². The number of halogens is 5. The van der Waals surface area contributed by atoms with Gasteiger partial charge in [0.05, 0.1) is 11.1 Å². The summed E-state index contributed by atoms with van der Waals surface area (Å²) in [6, 6.07) is 1.67.